The maximum Gasteiger partial charge on any atom is 0.0626 e. The molecule has 1 rings (SSSR count). The lowest BCUT2D eigenvalue weighted by atomic mass is 10.0. The molecule has 0 aliphatic carbocycles. The summed E-state index contributed by atoms with van der Waals surface area (Å²) in [7, 11) is 0. The quantitative estimate of drug-likeness (QED) is 0.148. The molecule has 0 N–H and O–H groups in total. The normalized spacial score (nSPS) is 13.3. The smallest absolute Gasteiger partial charge is 0.0626 e. The van der Waals surface area contributed by atoms with Crippen LogP contribution in [0.4, 0.5) is 0 Å². The first kappa shape index (κ1) is 27.1. The van der Waals surface area contributed by atoms with E-state index >= 15 is 0 Å². The topological polar surface area (TPSA) is 14.1 Å². The van der Waals surface area contributed by atoms with E-state index in [4.69, 9.17) is 0 Å². The van der Waals surface area contributed by atoms with Gasteiger partial charge in [-0.05, 0) is 31.1 Å². The van der Waals surface area contributed by atoms with Crippen LogP contribution in [0.25, 0.3) is 0 Å². The van der Waals surface area contributed by atoms with E-state index in [0.717, 1.165) is 5.70 Å². The molecule has 1 heterocycles. The molecular weight excluding hydrogens is 362 g/mol. The summed E-state index contributed by atoms with van der Waals surface area (Å²) in [6.45, 7) is 2.30. The van der Waals surface area contributed by atoms with Gasteiger partial charge in [0.2, 0.25) is 0 Å². The summed E-state index contributed by atoms with van der Waals surface area (Å²) in [5.74, 6) is 0. The predicted molar refractivity (Wildman–Crippen MR) is 136 cm³/mol. The second-order valence-corrected chi connectivity index (χ2v) is 9.32. The summed E-state index contributed by atoms with van der Waals surface area (Å²) >= 11 is 0. The number of rotatable bonds is 23. The summed E-state index contributed by atoms with van der Waals surface area (Å²) in [4.78, 5) is 0. The van der Waals surface area contributed by atoms with Crippen molar-refractivity contribution in [2.24, 2.45) is 0 Å². The lowest BCUT2D eigenvalue weighted by molar-refractivity contribution is 0.520. The molecule has 1 heteroatoms. The van der Waals surface area contributed by atoms with E-state index in [1.54, 1.807) is 0 Å². The zero-order chi connectivity index (χ0) is 21.4. The van der Waals surface area contributed by atoms with E-state index in [0.29, 0.717) is 0 Å². The van der Waals surface area contributed by atoms with E-state index < -0.39 is 0 Å². The molecular formula is C29H52N. The largest absolute Gasteiger partial charge is 0.257 e. The van der Waals surface area contributed by atoms with Gasteiger partial charge in [0.05, 0.1) is 5.70 Å². The zero-order valence-electron chi connectivity index (χ0n) is 20.4. The molecule has 1 radical (unpaired) electrons. The molecule has 0 aromatic carbocycles. The van der Waals surface area contributed by atoms with Gasteiger partial charge in [-0.1, -0.05) is 141 Å². The standard InChI is InChI=1S/C29H52N/c1-2-3-4-5-6-7-8-9-10-11-12-13-14-15-16-17-18-19-20-21-22-23-24-26-29-27-25-28-30-29/h24-28H,2-23H2,1H3. The molecule has 1 aliphatic rings. The Morgan fingerprint density at radius 1 is 0.567 bits per heavy atom. The fourth-order valence-corrected chi connectivity index (χ4v) is 4.31. The van der Waals surface area contributed by atoms with Crippen molar-refractivity contribution in [2.45, 2.75) is 148 Å². The summed E-state index contributed by atoms with van der Waals surface area (Å²) < 4.78 is 0. The van der Waals surface area contributed by atoms with Gasteiger partial charge >= 0.3 is 0 Å². The van der Waals surface area contributed by atoms with Gasteiger partial charge in [0.1, 0.15) is 0 Å². The Morgan fingerprint density at radius 2 is 0.967 bits per heavy atom. The van der Waals surface area contributed by atoms with Gasteiger partial charge in [0.25, 0.3) is 0 Å². The SMILES string of the molecule is CCCCCCCCCCCCCCCCCCCCCCCC=CC1=CC=C[N]1. The Morgan fingerprint density at radius 3 is 1.33 bits per heavy atom. The van der Waals surface area contributed by atoms with Gasteiger partial charge < -0.3 is 0 Å². The third-order valence-corrected chi connectivity index (χ3v) is 6.34. The average Bonchev–Trinajstić information content (AvgIpc) is 3.28. The monoisotopic (exact) mass is 414 g/mol. The van der Waals surface area contributed by atoms with E-state index in [9.17, 15) is 0 Å². The van der Waals surface area contributed by atoms with Crippen LogP contribution >= 0.6 is 0 Å². The Labute approximate surface area is 189 Å². The first-order chi connectivity index (χ1) is 14.9. The van der Waals surface area contributed by atoms with Gasteiger partial charge in [0, 0.05) is 6.20 Å². The van der Waals surface area contributed by atoms with Gasteiger partial charge in [-0.2, -0.15) is 0 Å². The fourth-order valence-electron chi connectivity index (χ4n) is 4.31. The Kier molecular flexibility index (Phi) is 20.5. The molecule has 0 amide bonds. The first-order valence-electron chi connectivity index (χ1n) is 13.7. The molecule has 0 aromatic heterocycles. The molecule has 0 fully saturated rings. The highest BCUT2D eigenvalue weighted by atomic mass is 14.9. The van der Waals surface area contributed by atoms with Crippen molar-refractivity contribution in [2.75, 3.05) is 0 Å². The summed E-state index contributed by atoms with van der Waals surface area (Å²) in [5, 5.41) is 4.26. The molecule has 0 atom stereocenters. The number of unbranched alkanes of at least 4 members (excludes halogenated alkanes) is 21. The van der Waals surface area contributed by atoms with Crippen LogP contribution in [0.2, 0.25) is 0 Å². The van der Waals surface area contributed by atoms with Crippen LogP contribution in [-0.2, 0) is 0 Å². The third-order valence-electron chi connectivity index (χ3n) is 6.34. The van der Waals surface area contributed by atoms with Crippen LogP contribution in [0.3, 0.4) is 0 Å². The lowest BCUT2D eigenvalue weighted by Gasteiger charge is -2.04. The van der Waals surface area contributed by atoms with Gasteiger partial charge in [-0.25, -0.2) is 0 Å². The molecule has 0 spiro atoms. The minimum atomic E-state index is 1.10. The van der Waals surface area contributed by atoms with Gasteiger partial charge in [-0.15, -0.1) is 0 Å². The van der Waals surface area contributed by atoms with Crippen molar-refractivity contribution in [1.29, 1.82) is 0 Å². The van der Waals surface area contributed by atoms with Crippen molar-refractivity contribution in [1.82, 2.24) is 5.32 Å². The number of allylic oxidation sites excluding steroid dienone is 4. The van der Waals surface area contributed by atoms with Gasteiger partial charge in [-0.3, -0.25) is 5.32 Å². The molecule has 1 aliphatic heterocycles. The average molecular weight is 415 g/mol. The molecule has 0 bridgehead atoms. The van der Waals surface area contributed by atoms with Crippen LogP contribution in [0.15, 0.2) is 36.2 Å². The maximum atomic E-state index is 4.26. The van der Waals surface area contributed by atoms with E-state index in [-0.39, 0.29) is 0 Å². The Hall–Kier alpha value is -0.980. The Bertz CT molecular complexity index is 432. The third kappa shape index (κ3) is 19.0. The number of nitrogens with zero attached hydrogens (tertiary/aromatic N) is 1. The molecule has 0 aromatic rings. The Balaban J connectivity index is 1.64. The van der Waals surface area contributed by atoms with Gasteiger partial charge in [0.15, 0.2) is 0 Å². The van der Waals surface area contributed by atoms with Crippen LogP contribution in [0.1, 0.15) is 148 Å². The van der Waals surface area contributed by atoms with E-state index in [2.05, 4.69) is 30.5 Å². The first-order valence-corrected chi connectivity index (χ1v) is 13.7. The highest BCUT2D eigenvalue weighted by Crippen LogP contribution is 2.15. The molecule has 0 saturated heterocycles. The van der Waals surface area contributed by atoms with E-state index in [1.165, 1.54) is 141 Å². The maximum absolute atomic E-state index is 4.26. The number of hydrogen-bond donors (Lipinski definition) is 0. The zero-order valence-corrected chi connectivity index (χ0v) is 20.4. The van der Waals surface area contributed by atoms with Crippen LogP contribution in [0.5, 0.6) is 0 Å². The second kappa shape index (κ2) is 22.7. The predicted octanol–water partition coefficient (Wildman–Crippen LogP) is 10.2. The van der Waals surface area contributed by atoms with Crippen molar-refractivity contribution in [3.05, 3.63) is 36.2 Å². The highest BCUT2D eigenvalue weighted by Gasteiger charge is 1.96. The second-order valence-electron chi connectivity index (χ2n) is 9.32. The molecule has 0 unspecified atom stereocenters. The molecule has 173 valence electrons. The minimum absolute atomic E-state index is 1.10. The van der Waals surface area contributed by atoms with Crippen molar-refractivity contribution >= 4 is 0 Å². The van der Waals surface area contributed by atoms with E-state index in [1.807, 2.05) is 12.3 Å². The number of hydrogen-bond acceptors (Lipinski definition) is 0. The molecule has 0 saturated carbocycles. The minimum Gasteiger partial charge on any atom is -0.257 e. The van der Waals surface area contributed by atoms with Crippen LogP contribution in [0, 0.1) is 0 Å². The van der Waals surface area contributed by atoms with Crippen molar-refractivity contribution in [3.8, 4) is 0 Å². The van der Waals surface area contributed by atoms with Crippen LogP contribution in [-0.4, -0.2) is 0 Å². The summed E-state index contributed by atoms with van der Waals surface area (Å²) in [5.41, 5.74) is 1.10. The molecule has 1 nitrogen and oxygen atoms in total. The summed E-state index contributed by atoms with van der Waals surface area (Å²) in [6.07, 6.45) is 42.0. The lowest BCUT2D eigenvalue weighted by Crippen LogP contribution is -1.86. The van der Waals surface area contributed by atoms with Crippen molar-refractivity contribution < 1.29 is 0 Å². The van der Waals surface area contributed by atoms with Crippen molar-refractivity contribution in [3.63, 3.8) is 0 Å². The summed E-state index contributed by atoms with van der Waals surface area (Å²) in [6, 6.07) is 0. The fraction of sp³-hybridized carbons (Fsp3) is 0.793. The highest BCUT2D eigenvalue weighted by molar-refractivity contribution is 5.28. The van der Waals surface area contributed by atoms with Crippen LogP contribution < -0.4 is 5.32 Å². The molecule has 30 heavy (non-hydrogen) atoms.